The molecule has 7 nitrogen and oxygen atoms in total. The summed E-state index contributed by atoms with van der Waals surface area (Å²) < 4.78 is 33.2. The van der Waals surface area contributed by atoms with Gasteiger partial charge in [-0.1, -0.05) is 35.9 Å². The van der Waals surface area contributed by atoms with Crippen molar-refractivity contribution in [2.24, 2.45) is 0 Å². The molecule has 3 aromatic rings. The zero-order chi connectivity index (χ0) is 24.1. The van der Waals surface area contributed by atoms with E-state index in [0.29, 0.717) is 60.6 Å². The van der Waals surface area contributed by atoms with Crippen molar-refractivity contribution in [1.29, 1.82) is 0 Å². The number of carboxylic acids is 1. The maximum Gasteiger partial charge on any atom is 0.307 e. The Labute approximate surface area is 208 Å². The average molecular weight is 521 g/mol. The molecular formula is C24H25ClN2O5S2. The first-order chi connectivity index (χ1) is 16.3. The summed E-state index contributed by atoms with van der Waals surface area (Å²) in [7, 11) is -3.47. The molecule has 34 heavy (non-hydrogen) atoms. The van der Waals surface area contributed by atoms with Gasteiger partial charge >= 0.3 is 5.97 Å². The molecule has 180 valence electrons. The standard InChI is InChI=1S/C24H25ClN2O5S2/c25-21-4-1-18(2-5-21)16-32-23-6-3-19(14-24(28)29)13-20(23)15-26-8-10-27(11-9-26)34(30,31)22-7-12-33-17-22/h1-7,12-13,17H,8-11,14-16H2,(H,28,29). The minimum Gasteiger partial charge on any atom is -0.489 e. The zero-order valence-corrected chi connectivity index (χ0v) is 20.8. The molecule has 1 fully saturated rings. The molecule has 1 aliphatic heterocycles. The highest BCUT2D eigenvalue weighted by Crippen LogP contribution is 2.26. The van der Waals surface area contributed by atoms with Crippen molar-refractivity contribution in [1.82, 2.24) is 9.21 Å². The lowest BCUT2D eigenvalue weighted by Gasteiger charge is -2.34. The van der Waals surface area contributed by atoms with E-state index in [1.807, 2.05) is 18.2 Å². The van der Waals surface area contributed by atoms with Gasteiger partial charge in [-0.25, -0.2) is 8.42 Å². The van der Waals surface area contributed by atoms with E-state index in [9.17, 15) is 18.3 Å². The fourth-order valence-corrected chi connectivity index (χ4v) is 6.40. The lowest BCUT2D eigenvalue weighted by molar-refractivity contribution is -0.136. The summed E-state index contributed by atoms with van der Waals surface area (Å²) in [6, 6.07) is 14.5. The first kappa shape index (κ1) is 24.7. The number of aliphatic carboxylic acids is 1. The Morgan fingerprint density at radius 3 is 2.38 bits per heavy atom. The summed E-state index contributed by atoms with van der Waals surface area (Å²) in [6.45, 7) is 2.83. The predicted octanol–water partition coefficient (Wildman–Crippen LogP) is 4.11. The Bertz CT molecular complexity index is 1220. The van der Waals surface area contributed by atoms with Crippen LogP contribution in [0.4, 0.5) is 0 Å². The van der Waals surface area contributed by atoms with Crippen molar-refractivity contribution in [3.8, 4) is 5.75 Å². The Morgan fingerprint density at radius 2 is 1.74 bits per heavy atom. The summed E-state index contributed by atoms with van der Waals surface area (Å²) in [5.74, 6) is -0.217. The Balaban J connectivity index is 1.45. The molecule has 1 saturated heterocycles. The van der Waals surface area contributed by atoms with Gasteiger partial charge in [0, 0.05) is 48.7 Å². The normalized spacial score (nSPS) is 15.3. The maximum absolute atomic E-state index is 12.8. The number of benzene rings is 2. The highest BCUT2D eigenvalue weighted by atomic mass is 35.5. The molecule has 0 amide bonds. The van der Waals surface area contributed by atoms with Gasteiger partial charge in [-0.3, -0.25) is 9.69 Å². The van der Waals surface area contributed by atoms with E-state index in [4.69, 9.17) is 16.3 Å². The van der Waals surface area contributed by atoms with Gasteiger partial charge in [0.1, 0.15) is 12.4 Å². The number of thiophene rings is 1. The number of hydrogen-bond donors (Lipinski definition) is 1. The molecule has 4 rings (SSSR count). The number of hydrogen-bond acceptors (Lipinski definition) is 6. The summed E-state index contributed by atoms with van der Waals surface area (Å²) in [6.07, 6.45) is -0.0723. The van der Waals surface area contributed by atoms with E-state index >= 15 is 0 Å². The summed E-state index contributed by atoms with van der Waals surface area (Å²) in [5.41, 5.74) is 2.54. The van der Waals surface area contributed by atoms with Gasteiger partial charge in [0.25, 0.3) is 0 Å². The smallest absolute Gasteiger partial charge is 0.307 e. The van der Waals surface area contributed by atoms with Crippen LogP contribution in [0.1, 0.15) is 16.7 Å². The Morgan fingerprint density at radius 1 is 1.03 bits per heavy atom. The number of ether oxygens (including phenoxy) is 1. The van der Waals surface area contributed by atoms with Crippen LogP contribution in [0.5, 0.6) is 5.75 Å². The first-order valence-electron chi connectivity index (χ1n) is 10.8. The molecule has 0 atom stereocenters. The predicted molar refractivity (Wildman–Crippen MR) is 132 cm³/mol. The van der Waals surface area contributed by atoms with Gasteiger partial charge in [0.2, 0.25) is 10.0 Å². The third-order valence-corrected chi connectivity index (χ3v) is 8.62. The van der Waals surface area contributed by atoms with Crippen molar-refractivity contribution in [2.75, 3.05) is 26.2 Å². The maximum atomic E-state index is 12.8. The van der Waals surface area contributed by atoms with Crippen LogP contribution in [0.2, 0.25) is 5.02 Å². The minimum absolute atomic E-state index is 0.0723. The molecule has 1 aromatic heterocycles. The van der Waals surface area contributed by atoms with Crippen molar-refractivity contribution in [2.45, 2.75) is 24.5 Å². The van der Waals surface area contributed by atoms with Crippen LogP contribution < -0.4 is 4.74 Å². The molecule has 0 spiro atoms. The van der Waals surface area contributed by atoms with Crippen LogP contribution in [0, 0.1) is 0 Å². The third-order valence-electron chi connectivity index (χ3n) is 5.65. The van der Waals surface area contributed by atoms with Gasteiger partial charge in [-0.15, -0.1) is 0 Å². The molecule has 0 bridgehead atoms. The number of rotatable bonds is 9. The minimum atomic E-state index is -3.47. The van der Waals surface area contributed by atoms with Crippen LogP contribution in [0.15, 0.2) is 64.2 Å². The number of carbonyl (C=O) groups is 1. The van der Waals surface area contributed by atoms with Crippen molar-refractivity contribution in [3.63, 3.8) is 0 Å². The summed E-state index contributed by atoms with van der Waals surface area (Å²) in [5, 5.41) is 13.3. The van der Waals surface area contributed by atoms with Gasteiger partial charge in [0.15, 0.2) is 0 Å². The monoisotopic (exact) mass is 520 g/mol. The molecule has 0 radical (unpaired) electrons. The van der Waals surface area contributed by atoms with E-state index in [-0.39, 0.29) is 6.42 Å². The molecule has 2 aromatic carbocycles. The topological polar surface area (TPSA) is 87.2 Å². The molecule has 0 saturated carbocycles. The van der Waals surface area contributed by atoms with Crippen LogP contribution in [0.25, 0.3) is 0 Å². The van der Waals surface area contributed by atoms with E-state index in [1.165, 1.54) is 15.6 Å². The van der Waals surface area contributed by atoms with Crippen LogP contribution in [-0.2, 0) is 34.4 Å². The molecule has 0 unspecified atom stereocenters. The lowest BCUT2D eigenvalue weighted by atomic mass is 10.1. The average Bonchev–Trinajstić information content (AvgIpc) is 3.36. The van der Waals surface area contributed by atoms with Crippen molar-refractivity contribution >= 4 is 38.9 Å². The molecule has 1 aliphatic rings. The molecule has 1 N–H and O–H groups in total. The third kappa shape index (κ3) is 6.17. The second-order valence-corrected chi connectivity index (χ2v) is 11.2. The van der Waals surface area contributed by atoms with Gasteiger partial charge in [0.05, 0.1) is 11.3 Å². The Hall–Kier alpha value is -2.43. The van der Waals surface area contributed by atoms with Gasteiger partial charge in [-0.2, -0.15) is 15.6 Å². The number of piperazine rings is 1. The SMILES string of the molecule is O=C(O)Cc1ccc(OCc2ccc(Cl)cc2)c(CN2CCN(S(=O)(=O)c3ccsc3)CC2)c1. The number of carboxylic acid groups (broad SMARTS) is 1. The molecule has 10 heteroatoms. The van der Waals surface area contributed by atoms with Crippen LogP contribution in [0.3, 0.4) is 0 Å². The van der Waals surface area contributed by atoms with Crippen LogP contribution >= 0.6 is 22.9 Å². The Kier molecular flexibility index (Phi) is 7.90. The quantitative estimate of drug-likeness (QED) is 0.457. The largest absolute Gasteiger partial charge is 0.489 e. The molecule has 2 heterocycles. The van der Waals surface area contributed by atoms with Gasteiger partial charge in [-0.05, 0) is 40.8 Å². The van der Waals surface area contributed by atoms with E-state index in [2.05, 4.69) is 4.90 Å². The van der Waals surface area contributed by atoms with Crippen molar-refractivity contribution < 1.29 is 23.1 Å². The molecule has 0 aliphatic carbocycles. The molecular weight excluding hydrogens is 496 g/mol. The lowest BCUT2D eigenvalue weighted by Crippen LogP contribution is -2.48. The van der Waals surface area contributed by atoms with Crippen molar-refractivity contribution in [3.05, 3.63) is 81.0 Å². The number of nitrogens with zero attached hydrogens (tertiary/aromatic N) is 2. The highest BCUT2D eigenvalue weighted by Gasteiger charge is 2.29. The number of halogens is 1. The fourth-order valence-electron chi connectivity index (χ4n) is 3.84. The second kappa shape index (κ2) is 10.9. The zero-order valence-electron chi connectivity index (χ0n) is 18.4. The number of sulfonamides is 1. The van der Waals surface area contributed by atoms with Crippen LogP contribution in [-0.4, -0.2) is 54.9 Å². The highest BCUT2D eigenvalue weighted by molar-refractivity contribution is 7.89. The fraction of sp³-hybridized carbons (Fsp3) is 0.292. The summed E-state index contributed by atoms with van der Waals surface area (Å²) >= 11 is 7.32. The van der Waals surface area contributed by atoms with E-state index < -0.39 is 16.0 Å². The van der Waals surface area contributed by atoms with E-state index in [0.717, 1.165) is 11.1 Å². The van der Waals surface area contributed by atoms with Gasteiger partial charge < -0.3 is 9.84 Å². The summed E-state index contributed by atoms with van der Waals surface area (Å²) in [4.78, 5) is 13.7. The second-order valence-electron chi connectivity index (χ2n) is 8.07. The van der Waals surface area contributed by atoms with E-state index in [1.54, 1.807) is 41.1 Å². The first-order valence-corrected chi connectivity index (χ1v) is 13.5.